The second kappa shape index (κ2) is 6.94. The van der Waals surface area contributed by atoms with E-state index in [-0.39, 0.29) is 12.1 Å². The number of benzene rings is 1. The number of nitrogens with one attached hydrogen (secondary N) is 1. The topological polar surface area (TPSA) is 33.1 Å². The maximum Gasteiger partial charge on any atom is 0.194 e. The number of likely N-dealkylation sites (N-methyl/N-ethyl adjacent to an activating group) is 1. The van der Waals surface area contributed by atoms with E-state index in [1.807, 2.05) is 24.7 Å². The van der Waals surface area contributed by atoms with Crippen LogP contribution in [0.4, 0.5) is 13.2 Å². The van der Waals surface area contributed by atoms with E-state index in [2.05, 4.69) is 15.2 Å². The molecule has 2 atom stereocenters. The SMILES string of the molecule is CCN1CC[C@@H](NCc2nccn2C)[C@@H]1c1cc(F)c(F)c(F)c1. The Hall–Kier alpha value is -1.86. The maximum absolute atomic E-state index is 13.6. The zero-order valence-electron chi connectivity index (χ0n) is 13.8. The summed E-state index contributed by atoms with van der Waals surface area (Å²) in [6.45, 7) is 4.14. The first kappa shape index (κ1) is 17.0. The number of nitrogens with zero attached hydrogens (tertiary/aromatic N) is 3. The molecule has 4 nitrogen and oxygen atoms in total. The first-order chi connectivity index (χ1) is 11.5. The zero-order valence-corrected chi connectivity index (χ0v) is 13.8. The van der Waals surface area contributed by atoms with Crippen LogP contribution in [0.3, 0.4) is 0 Å². The first-order valence-electron chi connectivity index (χ1n) is 8.09. The molecule has 0 saturated carbocycles. The molecule has 1 aliphatic heterocycles. The van der Waals surface area contributed by atoms with Gasteiger partial charge in [0.25, 0.3) is 0 Å². The molecule has 7 heteroatoms. The van der Waals surface area contributed by atoms with Crippen LogP contribution in [0.1, 0.15) is 30.8 Å². The van der Waals surface area contributed by atoms with E-state index >= 15 is 0 Å². The van der Waals surface area contributed by atoms with Crippen LogP contribution < -0.4 is 5.32 Å². The Morgan fingerprint density at radius 2 is 1.96 bits per heavy atom. The molecule has 0 spiro atoms. The van der Waals surface area contributed by atoms with E-state index in [1.54, 1.807) is 6.20 Å². The lowest BCUT2D eigenvalue weighted by Crippen LogP contribution is -2.36. The standard InChI is InChI=1S/C17H21F3N4/c1-3-24-6-4-14(22-10-15-21-5-7-23(15)2)17(24)11-8-12(18)16(20)13(19)9-11/h5,7-9,14,17,22H,3-4,6,10H2,1-2H3/t14-,17+/m1/s1. The van der Waals surface area contributed by atoms with Crippen molar-refractivity contribution in [3.8, 4) is 0 Å². The van der Waals surface area contributed by atoms with Crippen molar-refractivity contribution in [3.63, 3.8) is 0 Å². The largest absolute Gasteiger partial charge is 0.337 e. The number of aryl methyl sites for hydroxylation is 1. The van der Waals surface area contributed by atoms with Crippen LogP contribution in [0.2, 0.25) is 0 Å². The van der Waals surface area contributed by atoms with Crippen LogP contribution in [0.25, 0.3) is 0 Å². The molecule has 0 unspecified atom stereocenters. The smallest absolute Gasteiger partial charge is 0.194 e. The van der Waals surface area contributed by atoms with Gasteiger partial charge >= 0.3 is 0 Å². The normalized spacial score (nSPS) is 21.5. The zero-order chi connectivity index (χ0) is 17.3. The van der Waals surface area contributed by atoms with Crippen molar-refractivity contribution in [1.29, 1.82) is 0 Å². The summed E-state index contributed by atoms with van der Waals surface area (Å²) in [6, 6.07) is 2.03. The average molecular weight is 338 g/mol. The lowest BCUT2D eigenvalue weighted by atomic mass is 9.99. The Balaban J connectivity index is 1.82. The molecule has 1 saturated heterocycles. The van der Waals surface area contributed by atoms with Gasteiger partial charge in [-0.25, -0.2) is 18.2 Å². The molecule has 24 heavy (non-hydrogen) atoms. The molecule has 3 rings (SSSR count). The fraction of sp³-hybridized carbons (Fsp3) is 0.471. The molecule has 2 aromatic rings. The summed E-state index contributed by atoms with van der Waals surface area (Å²) in [5.41, 5.74) is 0.461. The number of rotatable bonds is 5. The third-order valence-electron chi connectivity index (χ3n) is 4.70. The Labute approximate surface area is 139 Å². The van der Waals surface area contributed by atoms with Gasteiger partial charge in [0.15, 0.2) is 17.5 Å². The predicted octanol–water partition coefficient (Wildman–Crippen LogP) is 2.76. The van der Waals surface area contributed by atoms with Gasteiger partial charge in [-0.05, 0) is 30.7 Å². The summed E-state index contributed by atoms with van der Waals surface area (Å²) in [5.74, 6) is -2.82. The Bertz CT molecular complexity index is 693. The van der Waals surface area contributed by atoms with Gasteiger partial charge in [-0.3, -0.25) is 4.90 Å². The van der Waals surface area contributed by atoms with E-state index in [1.165, 1.54) is 0 Å². The Morgan fingerprint density at radius 1 is 1.25 bits per heavy atom. The van der Waals surface area contributed by atoms with Crippen molar-refractivity contribution < 1.29 is 13.2 Å². The highest BCUT2D eigenvalue weighted by molar-refractivity contribution is 5.25. The summed E-state index contributed by atoms with van der Waals surface area (Å²) in [6.07, 6.45) is 4.45. The number of hydrogen-bond donors (Lipinski definition) is 1. The van der Waals surface area contributed by atoms with E-state index in [0.29, 0.717) is 12.1 Å². The Kier molecular flexibility index (Phi) is 4.91. The summed E-state index contributed by atoms with van der Waals surface area (Å²) in [5, 5.41) is 3.43. The lowest BCUT2D eigenvalue weighted by molar-refractivity contribution is 0.245. The molecule has 1 aliphatic rings. The van der Waals surface area contributed by atoms with Gasteiger partial charge < -0.3 is 9.88 Å². The molecule has 2 heterocycles. The maximum atomic E-state index is 13.6. The van der Waals surface area contributed by atoms with Crippen LogP contribution in [0, 0.1) is 17.5 Å². The lowest BCUT2D eigenvalue weighted by Gasteiger charge is -2.28. The molecule has 0 bridgehead atoms. The third kappa shape index (κ3) is 3.18. The summed E-state index contributed by atoms with van der Waals surface area (Å²) in [4.78, 5) is 6.41. The minimum absolute atomic E-state index is 0.0194. The highest BCUT2D eigenvalue weighted by Gasteiger charge is 2.35. The van der Waals surface area contributed by atoms with Gasteiger partial charge in [0.2, 0.25) is 0 Å². The van der Waals surface area contributed by atoms with E-state index in [9.17, 15) is 13.2 Å². The minimum atomic E-state index is -1.42. The molecule has 1 aromatic heterocycles. The van der Waals surface area contributed by atoms with Gasteiger partial charge in [-0.2, -0.15) is 0 Å². The van der Waals surface area contributed by atoms with Gasteiger partial charge in [0.1, 0.15) is 5.82 Å². The van der Waals surface area contributed by atoms with Gasteiger partial charge in [0.05, 0.1) is 12.6 Å². The second-order valence-corrected chi connectivity index (χ2v) is 6.10. The van der Waals surface area contributed by atoms with Crippen LogP contribution in [0.5, 0.6) is 0 Å². The average Bonchev–Trinajstić information content (AvgIpc) is 3.15. The summed E-state index contributed by atoms with van der Waals surface area (Å²) in [7, 11) is 1.92. The van der Waals surface area contributed by atoms with Crippen molar-refractivity contribution in [2.24, 2.45) is 7.05 Å². The van der Waals surface area contributed by atoms with Crippen molar-refractivity contribution in [2.45, 2.75) is 32.0 Å². The molecular formula is C17H21F3N4. The molecule has 130 valence electrons. The molecule has 0 aliphatic carbocycles. The highest BCUT2D eigenvalue weighted by Crippen LogP contribution is 2.33. The minimum Gasteiger partial charge on any atom is -0.337 e. The molecular weight excluding hydrogens is 317 g/mol. The fourth-order valence-corrected chi connectivity index (χ4v) is 3.40. The van der Waals surface area contributed by atoms with Crippen molar-refractivity contribution in [2.75, 3.05) is 13.1 Å². The molecule has 1 N–H and O–H groups in total. The van der Waals surface area contributed by atoms with Gasteiger partial charge in [-0.1, -0.05) is 6.92 Å². The van der Waals surface area contributed by atoms with Crippen molar-refractivity contribution in [3.05, 3.63) is 53.4 Å². The van der Waals surface area contributed by atoms with Crippen LogP contribution in [0.15, 0.2) is 24.5 Å². The molecule has 1 aromatic carbocycles. The van der Waals surface area contributed by atoms with Crippen LogP contribution in [-0.4, -0.2) is 33.6 Å². The third-order valence-corrected chi connectivity index (χ3v) is 4.70. The van der Waals surface area contributed by atoms with Crippen molar-refractivity contribution >= 4 is 0 Å². The van der Waals surface area contributed by atoms with Crippen LogP contribution >= 0.6 is 0 Å². The molecule has 1 fully saturated rings. The number of imidazole rings is 1. The summed E-state index contributed by atoms with van der Waals surface area (Å²) < 4.78 is 42.5. The van der Waals surface area contributed by atoms with E-state index in [0.717, 1.165) is 37.5 Å². The van der Waals surface area contributed by atoms with E-state index < -0.39 is 17.5 Å². The molecule has 0 amide bonds. The van der Waals surface area contributed by atoms with Gasteiger partial charge in [0, 0.05) is 32.0 Å². The molecule has 0 radical (unpaired) electrons. The number of likely N-dealkylation sites (tertiary alicyclic amines) is 1. The highest BCUT2D eigenvalue weighted by atomic mass is 19.2. The Morgan fingerprint density at radius 3 is 2.54 bits per heavy atom. The monoisotopic (exact) mass is 338 g/mol. The second-order valence-electron chi connectivity index (χ2n) is 6.10. The quantitative estimate of drug-likeness (QED) is 0.851. The van der Waals surface area contributed by atoms with Gasteiger partial charge in [-0.15, -0.1) is 0 Å². The first-order valence-corrected chi connectivity index (χ1v) is 8.09. The number of halogens is 3. The van der Waals surface area contributed by atoms with Crippen molar-refractivity contribution in [1.82, 2.24) is 19.8 Å². The van der Waals surface area contributed by atoms with Crippen LogP contribution in [-0.2, 0) is 13.6 Å². The number of hydrogen-bond acceptors (Lipinski definition) is 3. The number of aromatic nitrogens is 2. The predicted molar refractivity (Wildman–Crippen MR) is 84.8 cm³/mol. The van der Waals surface area contributed by atoms with E-state index in [4.69, 9.17) is 0 Å². The summed E-state index contributed by atoms with van der Waals surface area (Å²) >= 11 is 0. The fourth-order valence-electron chi connectivity index (χ4n) is 3.40.